The van der Waals surface area contributed by atoms with Gasteiger partial charge in [0.05, 0.1) is 16.3 Å². The third kappa shape index (κ3) is 4.29. The molecule has 4 aromatic rings. The quantitative estimate of drug-likeness (QED) is 0.198. The van der Waals surface area contributed by atoms with Crippen LogP contribution in [0, 0.1) is 12.8 Å². The first-order valence-electron chi connectivity index (χ1n) is 13.1. The predicted octanol–water partition coefficient (Wildman–Crippen LogP) is 6.99. The van der Waals surface area contributed by atoms with E-state index in [0.717, 1.165) is 52.7 Å². The minimum atomic E-state index is -0.435. The van der Waals surface area contributed by atoms with Crippen LogP contribution >= 0.6 is 34.7 Å². The Morgan fingerprint density at radius 1 is 1.18 bits per heavy atom. The number of aryl methyl sites for hydroxylation is 2. The zero-order chi connectivity index (χ0) is 26.7. The van der Waals surface area contributed by atoms with E-state index in [-0.39, 0.29) is 17.5 Å². The van der Waals surface area contributed by atoms with Gasteiger partial charge in [-0.1, -0.05) is 54.6 Å². The number of anilines is 1. The molecule has 5 nitrogen and oxygen atoms in total. The van der Waals surface area contributed by atoms with Gasteiger partial charge < -0.3 is 4.90 Å². The van der Waals surface area contributed by atoms with Crippen molar-refractivity contribution in [2.24, 2.45) is 5.92 Å². The molecule has 196 valence electrons. The van der Waals surface area contributed by atoms with Crippen LogP contribution in [-0.2, 0) is 24.1 Å². The Kier molecular flexibility index (Phi) is 6.65. The van der Waals surface area contributed by atoms with Crippen molar-refractivity contribution in [3.8, 4) is 5.69 Å². The van der Waals surface area contributed by atoms with Crippen LogP contribution in [-0.4, -0.2) is 26.8 Å². The van der Waals surface area contributed by atoms with Gasteiger partial charge in [0.1, 0.15) is 4.83 Å². The van der Waals surface area contributed by atoms with Crippen molar-refractivity contribution in [1.82, 2.24) is 9.55 Å². The third-order valence-corrected chi connectivity index (χ3v) is 10.4. The van der Waals surface area contributed by atoms with E-state index in [1.165, 1.54) is 22.2 Å². The molecule has 2 aromatic heterocycles. The highest BCUT2D eigenvalue weighted by atomic mass is 35.5. The summed E-state index contributed by atoms with van der Waals surface area (Å²) in [6.45, 7) is 8.20. The van der Waals surface area contributed by atoms with Crippen LogP contribution in [0.5, 0.6) is 0 Å². The fraction of sp³-hybridized carbons (Fsp3) is 0.367. The van der Waals surface area contributed by atoms with Gasteiger partial charge >= 0.3 is 0 Å². The largest absolute Gasteiger partial charge is 0.308 e. The minimum Gasteiger partial charge on any atom is -0.308 e. The van der Waals surface area contributed by atoms with E-state index in [4.69, 9.17) is 16.6 Å². The average molecular weight is 564 g/mol. The number of fused-ring (bicyclic) bond motifs is 4. The van der Waals surface area contributed by atoms with Crippen LogP contribution in [0.1, 0.15) is 48.8 Å². The van der Waals surface area contributed by atoms with Crippen molar-refractivity contribution in [2.45, 2.75) is 69.8 Å². The van der Waals surface area contributed by atoms with Crippen molar-refractivity contribution in [3.63, 3.8) is 0 Å². The standard InChI is InChI=1S/C30H30ClN3O2S2/c1-16-9-12-22-25(13-16)38-27-26(22)29(36)34(21-11-10-17(2)23(31)15-21)30(32-27)37-19(4)28(35)33-18(3)14-20-7-5-6-8-24(20)33/h5-8,10-11,15-16,18-19H,9,12-14H2,1-4H3/t16-,18-,19+/m0/s1. The maximum Gasteiger partial charge on any atom is 0.267 e. The summed E-state index contributed by atoms with van der Waals surface area (Å²) in [7, 11) is 0. The lowest BCUT2D eigenvalue weighted by molar-refractivity contribution is -0.118. The third-order valence-electron chi connectivity index (χ3n) is 7.79. The predicted molar refractivity (Wildman–Crippen MR) is 159 cm³/mol. The Morgan fingerprint density at radius 2 is 1.97 bits per heavy atom. The van der Waals surface area contributed by atoms with E-state index >= 15 is 0 Å². The number of thioether (sulfide) groups is 1. The number of carbonyl (C=O) groups is 1. The minimum absolute atomic E-state index is 0.0228. The molecule has 0 spiro atoms. The lowest BCUT2D eigenvalue weighted by atomic mass is 9.89. The van der Waals surface area contributed by atoms with E-state index in [9.17, 15) is 9.59 Å². The Labute approximate surface area is 235 Å². The van der Waals surface area contributed by atoms with Gasteiger partial charge in [0.25, 0.3) is 5.56 Å². The van der Waals surface area contributed by atoms with Crippen LogP contribution in [0.3, 0.4) is 0 Å². The number of benzene rings is 2. The summed E-state index contributed by atoms with van der Waals surface area (Å²) in [5.41, 5.74) is 4.85. The highest BCUT2D eigenvalue weighted by Gasteiger charge is 2.34. The summed E-state index contributed by atoms with van der Waals surface area (Å²) in [5.74, 6) is 0.625. The summed E-state index contributed by atoms with van der Waals surface area (Å²) in [6, 6.07) is 13.8. The Morgan fingerprint density at radius 3 is 2.76 bits per heavy atom. The number of rotatable bonds is 4. The van der Waals surface area contributed by atoms with Gasteiger partial charge in [0, 0.05) is 21.6 Å². The summed E-state index contributed by atoms with van der Waals surface area (Å²) in [4.78, 5) is 36.9. The fourth-order valence-corrected chi connectivity index (χ4v) is 8.28. The molecule has 3 heterocycles. The zero-order valence-corrected chi connectivity index (χ0v) is 24.3. The molecule has 0 saturated heterocycles. The van der Waals surface area contributed by atoms with E-state index in [0.29, 0.717) is 21.8 Å². The molecule has 2 aromatic carbocycles. The average Bonchev–Trinajstić information content (AvgIpc) is 3.41. The maximum atomic E-state index is 14.2. The van der Waals surface area contributed by atoms with Crippen molar-refractivity contribution >= 4 is 56.5 Å². The van der Waals surface area contributed by atoms with Crippen molar-refractivity contribution in [3.05, 3.63) is 79.4 Å². The van der Waals surface area contributed by atoms with E-state index in [1.54, 1.807) is 15.9 Å². The van der Waals surface area contributed by atoms with Crippen LogP contribution < -0.4 is 10.5 Å². The topological polar surface area (TPSA) is 55.2 Å². The van der Waals surface area contributed by atoms with Crippen LogP contribution in [0.25, 0.3) is 15.9 Å². The SMILES string of the molecule is Cc1ccc(-n2c(S[C@H](C)C(=O)N3c4ccccc4C[C@@H]3C)nc3sc4c(c3c2=O)CC[C@H](C)C4)cc1Cl. The Bertz CT molecular complexity index is 1640. The molecule has 0 saturated carbocycles. The molecule has 1 aliphatic carbocycles. The van der Waals surface area contributed by atoms with Crippen molar-refractivity contribution in [1.29, 1.82) is 0 Å². The number of amides is 1. The second kappa shape index (κ2) is 9.85. The van der Waals surface area contributed by atoms with E-state index in [2.05, 4.69) is 19.9 Å². The van der Waals surface area contributed by atoms with Crippen molar-refractivity contribution < 1.29 is 4.79 Å². The number of nitrogens with zero attached hydrogens (tertiary/aromatic N) is 3. The summed E-state index contributed by atoms with van der Waals surface area (Å²) >= 11 is 9.48. The second-order valence-corrected chi connectivity index (χ2v) is 13.4. The highest BCUT2D eigenvalue weighted by Crippen LogP contribution is 2.39. The number of hydrogen-bond acceptors (Lipinski definition) is 5. The fourth-order valence-electron chi connectivity index (χ4n) is 5.70. The molecule has 0 unspecified atom stereocenters. The first-order chi connectivity index (χ1) is 18.2. The molecular formula is C30H30ClN3O2S2. The molecule has 2 aliphatic rings. The molecule has 8 heteroatoms. The number of hydrogen-bond donors (Lipinski definition) is 0. The van der Waals surface area contributed by atoms with Gasteiger partial charge in [0.15, 0.2) is 5.16 Å². The molecule has 0 radical (unpaired) electrons. The summed E-state index contributed by atoms with van der Waals surface area (Å²) in [5, 5.41) is 1.40. The van der Waals surface area contributed by atoms with E-state index < -0.39 is 5.25 Å². The Hall–Kier alpha value is -2.61. The smallest absolute Gasteiger partial charge is 0.267 e. The Balaban J connectivity index is 1.45. The van der Waals surface area contributed by atoms with Crippen LogP contribution in [0.15, 0.2) is 52.4 Å². The second-order valence-electron chi connectivity index (χ2n) is 10.7. The molecule has 1 amide bonds. The first kappa shape index (κ1) is 25.7. The number of para-hydroxylation sites is 1. The molecule has 6 rings (SSSR count). The van der Waals surface area contributed by atoms with Gasteiger partial charge in [-0.3, -0.25) is 14.2 Å². The monoisotopic (exact) mass is 563 g/mol. The van der Waals surface area contributed by atoms with Crippen LogP contribution in [0.2, 0.25) is 5.02 Å². The summed E-state index contributed by atoms with van der Waals surface area (Å²) < 4.78 is 1.66. The van der Waals surface area contributed by atoms with Gasteiger partial charge in [0.2, 0.25) is 5.91 Å². The molecule has 0 fully saturated rings. The lowest BCUT2D eigenvalue weighted by Crippen LogP contribution is -2.40. The number of carbonyl (C=O) groups excluding carboxylic acids is 1. The highest BCUT2D eigenvalue weighted by molar-refractivity contribution is 8.00. The molecule has 38 heavy (non-hydrogen) atoms. The van der Waals surface area contributed by atoms with Gasteiger partial charge in [-0.05, 0) is 87.3 Å². The van der Waals surface area contributed by atoms with Gasteiger partial charge in [-0.25, -0.2) is 4.98 Å². The first-order valence-corrected chi connectivity index (χ1v) is 15.2. The van der Waals surface area contributed by atoms with Gasteiger partial charge in [-0.2, -0.15) is 0 Å². The summed E-state index contributed by atoms with van der Waals surface area (Å²) in [6.07, 6.45) is 3.80. The van der Waals surface area contributed by atoms with Crippen molar-refractivity contribution in [2.75, 3.05) is 4.90 Å². The molecule has 0 N–H and O–H groups in total. The molecule has 1 aliphatic heterocycles. The zero-order valence-electron chi connectivity index (χ0n) is 22.0. The molecular weight excluding hydrogens is 534 g/mol. The molecule has 0 bridgehead atoms. The number of halogens is 1. The van der Waals surface area contributed by atoms with Gasteiger partial charge in [-0.15, -0.1) is 11.3 Å². The lowest BCUT2D eigenvalue weighted by Gasteiger charge is -2.26. The number of thiophene rings is 1. The molecule has 3 atom stereocenters. The van der Waals surface area contributed by atoms with Crippen LogP contribution in [0.4, 0.5) is 5.69 Å². The normalized spacial score (nSPS) is 19.4. The van der Waals surface area contributed by atoms with E-state index in [1.807, 2.05) is 55.1 Å². The number of aromatic nitrogens is 2. The maximum absolute atomic E-state index is 14.2.